The molecule has 1 amide bonds. The van der Waals surface area contributed by atoms with Crippen molar-refractivity contribution in [3.05, 3.63) is 35.9 Å². The Morgan fingerprint density at radius 1 is 1.23 bits per heavy atom. The van der Waals surface area contributed by atoms with Crippen LogP contribution in [-0.4, -0.2) is 23.2 Å². The van der Waals surface area contributed by atoms with Crippen LogP contribution in [0.1, 0.15) is 37.7 Å². The molecule has 0 saturated carbocycles. The third kappa shape index (κ3) is 7.29. The van der Waals surface area contributed by atoms with Crippen molar-refractivity contribution < 1.29 is 19.4 Å². The number of benzene rings is 1. The quantitative estimate of drug-likeness (QED) is 0.683. The van der Waals surface area contributed by atoms with Gasteiger partial charge in [0.25, 0.3) is 0 Å². The van der Waals surface area contributed by atoms with E-state index < -0.39 is 18.1 Å². The molecule has 0 aliphatic heterocycles. The molecule has 0 fully saturated rings. The molecule has 1 unspecified atom stereocenters. The smallest absolute Gasteiger partial charge is 0.408 e. The second kappa shape index (κ2) is 10.2. The lowest BCUT2D eigenvalue weighted by molar-refractivity contribution is -0.139. The summed E-state index contributed by atoms with van der Waals surface area (Å²) >= 11 is 0. The van der Waals surface area contributed by atoms with Gasteiger partial charge in [-0.25, -0.2) is 9.59 Å². The topological polar surface area (TPSA) is 99.4 Å². The average molecular weight is 304 g/mol. The zero-order chi connectivity index (χ0) is 16.2. The SMILES string of the molecule is N#CCCCCCC(NC(=O)OCc1ccccc1)C(=O)O. The molecule has 0 heterocycles. The molecule has 118 valence electrons. The van der Waals surface area contributed by atoms with Crippen LogP contribution in [0.2, 0.25) is 0 Å². The fourth-order valence-electron chi connectivity index (χ4n) is 1.89. The van der Waals surface area contributed by atoms with Crippen LogP contribution in [0.4, 0.5) is 4.79 Å². The minimum atomic E-state index is -1.09. The van der Waals surface area contributed by atoms with Crippen LogP contribution in [0.5, 0.6) is 0 Å². The van der Waals surface area contributed by atoms with Crippen LogP contribution in [-0.2, 0) is 16.1 Å². The van der Waals surface area contributed by atoms with E-state index in [0.717, 1.165) is 18.4 Å². The fourth-order valence-corrected chi connectivity index (χ4v) is 1.89. The Balaban J connectivity index is 2.31. The van der Waals surface area contributed by atoms with Gasteiger partial charge in [0.05, 0.1) is 6.07 Å². The summed E-state index contributed by atoms with van der Waals surface area (Å²) in [6.07, 6.45) is 2.18. The maximum Gasteiger partial charge on any atom is 0.408 e. The van der Waals surface area contributed by atoms with Gasteiger partial charge >= 0.3 is 12.1 Å². The lowest BCUT2D eigenvalue weighted by Crippen LogP contribution is -2.40. The molecule has 1 aromatic rings. The molecule has 0 aliphatic carbocycles. The highest BCUT2D eigenvalue weighted by Gasteiger charge is 2.20. The number of aliphatic carboxylic acids is 1. The number of nitrogens with one attached hydrogen (secondary N) is 1. The number of unbranched alkanes of at least 4 members (excludes halogenated alkanes) is 3. The number of amides is 1. The summed E-state index contributed by atoms with van der Waals surface area (Å²) in [6.45, 7) is 0.0984. The van der Waals surface area contributed by atoms with Gasteiger partial charge in [-0.1, -0.05) is 43.2 Å². The number of carboxylic acids is 1. The second-order valence-electron chi connectivity index (χ2n) is 4.85. The highest BCUT2D eigenvalue weighted by atomic mass is 16.5. The summed E-state index contributed by atoms with van der Waals surface area (Å²) in [5.41, 5.74) is 0.834. The molecular weight excluding hydrogens is 284 g/mol. The van der Waals surface area contributed by atoms with Crippen molar-refractivity contribution in [3.63, 3.8) is 0 Å². The molecule has 0 radical (unpaired) electrons. The normalized spacial score (nSPS) is 11.2. The lowest BCUT2D eigenvalue weighted by atomic mass is 10.1. The zero-order valence-electron chi connectivity index (χ0n) is 12.3. The number of ether oxygens (including phenoxy) is 1. The van der Waals surface area contributed by atoms with Crippen LogP contribution in [0.25, 0.3) is 0 Å². The first-order valence-corrected chi connectivity index (χ1v) is 7.20. The highest BCUT2D eigenvalue weighted by molar-refractivity contribution is 5.79. The molecule has 0 saturated heterocycles. The Labute approximate surface area is 129 Å². The number of alkyl carbamates (subject to hydrolysis) is 1. The molecule has 0 spiro atoms. The number of carbonyl (C=O) groups excluding carboxylic acids is 1. The number of carboxylic acid groups (broad SMARTS) is 1. The maximum atomic E-state index is 11.6. The van der Waals surface area contributed by atoms with Crippen LogP contribution < -0.4 is 5.32 Å². The largest absolute Gasteiger partial charge is 0.480 e. The van der Waals surface area contributed by atoms with Crippen molar-refractivity contribution >= 4 is 12.1 Å². The Kier molecular flexibility index (Phi) is 8.13. The minimum absolute atomic E-state index is 0.0984. The molecule has 0 bridgehead atoms. The van der Waals surface area contributed by atoms with E-state index in [0.29, 0.717) is 19.3 Å². The van der Waals surface area contributed by atoms with Crippen molar-refractivity contribution in [2.75, 3.05) is 0 Å². The number of nitriles is 1. The Hall–Kier alpha value is -2.55. The van der Waals surface area contributed by atoms with Gasteiger partial charge in [0.2, 0.25) is 0 Å². The molecule has 1 atom stereocenters. The van der Waals surface area contributed by atoms with E-state index in [1.54, 1.807) is 0 Å². The molecule has 2 N–H and O–H groups in total. The van der Waals surface area contributed by atoms with Gasteiger partial charge in [0.1, 0.15) is 12.6 Å². The average Bonchev–Trinajstić information content (AvgIpc) is 2.52. The van der Waals surface area contributed by atoms with Crippen LogP contribution in [0, 0.1) is 11.3 Å². The molecule has 1 rings (SSSR count). The molecule has 22 heavy (non-hydrogen) atoms. The highest BCUT2D eigenvalue weighted by Crippen LogP contribution is 2.07. The minimum Gasteiger partial charge on any atom is -0.480 e. The predicted molar refractivity (Wildman–Crippen MR) is 79.9 cm³/mol. The third-order valence-corrected chi connectivity index (χ3v) is 3.08. The molecule has 0 aromatic heterocycles. The van der Waals surface area contributed by atoms with E-state index >= 15 is 0 Å². The first-order chi connectivity index (χ1) is 10.6. The fraction of sp³-hybridized carbons (Fsp3) is 0.438. The standard InChI is InChI=1S/C16H20N2O4/c17-11-7-2-1-6-10-14(15(19)20)18-16(21)22-12-13-8-4-3-5-9-13/h3-5,8-9,14H,1-2,6-7,10,12H2,(H,18,21)(H,19,20). The van der Waals surface area contributed by atoms with Crippen molar-refractivity contribution in [2.24, 2.45) is 0 Å². The van der Waals surface area contributed by atoms with E-state index in [-0.39, 0.29) is 6.61 Å². The van der Waals surface area contributed by atoms with Gasteiger partial charge in [-0.05, 0) is 18.4 Å². The van der Waals surface area contributed by atoms with Crippen molar-refractivity contribution in [1.82, 2.24) is 5.32 Å². The van der Waals surface area contributed by atoms with E-state index in [2.05, 4.69) is 5.32 Å². The summed E-state index contributed by atoms with van der Waals surface area (Å²) < 4.78 is 5.00. The van der Waals surface area contributed by atoms with Gasteiger partial charge in [0.15, 0.2) is 0 Å². The number of nitrogens with zero attached hydrogens (tertiary/aromatic N) is 1. The van der Waals surface area contributed by atoms with Gasteiger partial charge < -0.3 is 15.2 Å². The molecule has 6 nitrogen and oxygen atoms in total. The Morgan fingerprint density at radius 3 is 2.59 bits per heavy atom. The molecular formula is C16H20N2O4. The van der Waals surface area contributed by atoms with Gasteiger partial charge in [-0.3, -0.25) is 0 Å². The maximum absolute atomic E-state index is 11.6. The number of hydrogen-bond donors (Lipinski definition) is 2. The summed E-state index contributed by atoms with van der Waals surface area (Å²) in [7, 11) is 0. The second-order valence-corrected chi connectivity index (χ2v) is 4.85. The van der Waals surface area contributed by atoms with Crippen molar-refractivity contribution in [2.45, 2.75) is 44.8 Å². The summed E-state index contributed by atoms with van der Waals surface area (Å²) in [6, 6.07) is 10.2. The zero-order valence-corrected chi connectivity index (χ0v) is 12.3. The van der Waals surface area contributed by atoms with Gasteiger partial charge in [-0.15, -0.1) is 0 Å². The Bertz CT molecular complexity index is 511. The van der Waals surface area contributed by atoms with E-state index in [1.165, 1.54) is 0 Å². The van der Waals surface area contributed by atoms with Gasteiger partial charge in [0, 0.05) is 6.42 Å². The molecule has 0 aliphatic rings. The third-order valence-electron chi connectivity index (χ3n) is 3.08. The van der Waals surface area contributed by atoms with E-state index in [9.17, 15) is 9.59 Å². The number of rotatable bonds is 9. The van der Waals surface area contributed by atoms with E-state index in [1.807, 2.05) is 36.4 Å². The number of carbonyl (C=O) groups is 2. The summed E-state index contributed by atoms with van der Waals surface area (Å²) in [5.74, 6) is -1.09. The lowest BCUT2D eigenvalue weighted by Gasteiger charge is -2.14. The van der Waals surface area contributed by atoms with Crippen LogP contribution >= 0.6 is 0 Å². The first kappa shape index (κ1) is 17.5. The van der Waals surface area contributed by atoms with Gasteiger partial charge in [-0.2, -0.15) is 5.26 Å². The summed E-state index contributed by atoms with van der Waals surface area (Å²) in [4.78, 5) is 22.7. The molecule has 6 heteroatoms. The van der Waals surface area contributed by atoms with Crippen molar-refractivity contribution in [1.29, 1.82) is 5.26 Å². The summed E-state index contributed by atoms with van der Waals surface area (Å²) in [5, 5.41) is 19.9. The Morgan fingerprint density at radius 2 is 1.95 bits per heavy atom. The monoisotopic (exact) mass is 304 g/mol. The molecule has 1 aromatic carbocycles. The first-order valence-electron chi connectivity index (χ1n) is 7.20. The van der Waals surface area contributed by atoms with E-state index in [4.69, 9.17) is 15.1 Å². The predicted octanol–water partition coefficient (Wildman–Crippen LogP) is 2.84. The van der Waals surface area contributed by atoms with Crippen LogP contribution in [0.3, 0.4) is 0 Å². The van der Waals surface area contributed by atoms with Crippen molar-refractivity contribution in [3.8, 4) is 6.07 Å². The number of hydrogen-bond acceptors (Lipinski definition) is 4. The van der Waals surface area contributed by atoms with Crippen LogP contribution in [0.15, 0.2) is 30.3 Å².